The van der Waals surface area contributed by atoms with Gasteiger partial charge in [-0.3, -0.25) is 9.59 Å². The number of esters is 1. The second-order valence-electron chi connectivity index (χ2n) is 6.64. The van der Waals surface area contributed by atoms with E-state index in [2.05, 4.69) is 20.7 Å². The topological polar surface area (TPSA) is 115 Å². The van der Waals surface area contributed by atoms with Gasteiger partial charge in [-0.05, 0) is 32.9 Å². The number of rotatable bonds is 6. The van der Waals surface area contributed by atoms with Crippen LogP contribution in [-0.2, 0) is 14.3 Å². The molecule has 2 aromatic heterocycles. The van der Waals surface area contributed by atoms with Crippen molar-refractivity contribution in [3.63, 3.8) is 0 Å². The first-order valence-electron chi connectivity index (χ1n) is 9.08. The average molecular weight is 427 g/mol. The Kier molecular flexibility index (Phi) is 6.26. The Morgan fingerprint density at radius 2 is 1.80 bits per heavy atom. The highest BCUT2D eigenvalue weighted by Crippen LogP contribution is 2.23. The Morgan fingerprint density at radius 3 is 2.47 bits per heavy atom. The maximum absolute atomic E-state index is 12.3. The molecular weight excluding hydrogens is 406 g/mol. The van der Waals surface area contributed by atoms with Gasteiger partial charge in [0.25, 0.3) is 5.91 Å². The molecule has 0 fully saturated rings. The van der Waals surface area contributed by atoms with E-state index in [0.29, 0.717) is 11.4 Å². The predicted octanol–water partition coefficient (Wildman–Crippen LogP) is 3.01. The molecule has 30 heavy (non-hydrogen) atoms. The summed E-state index contributed by atoms with van der Waals surface area (Å²) in [5, 5.41) is 11.4. The largest absolute Gasteiger partial charge is 0.451 e. The van der Waals surface area contributed by atoms with Crippen LogP contribution in [0.15, 0.2) is 29.6 Å². The quantitative estimate of drug-likeness (QED) is 0.585. The fourth-order valence-electron chi connectivity index (χ4n) is 2.72. The SMILES string of the molecule is CC(=O)Nc1nc(C(=O)OCC(=O)Nc2c(C)nn(-c3ccc(C)cc3)c2C)cs1. The van der Waals surface area contributed by atoms with Gasteiger partial charge >= 0.3 is 5.97 Å². The lowest BCUT2D eigenvalue weighted by Crippen LogP contribution is -2.21. The summed E-state index contributed by atoms with van der Waals surface area (Å²) in [5.41, 5.74) is 4.02. The van der Waals surface area contributed by atoms with Crippen molar-refractivity contribution in [3.05, 3.63) is 52.3 Å². The molecule has 0 saturated carbocycles. The predicted molar refractivity (Wildman–Crippen MR) is 113 cm³/mol. The number of hydrogen-bond donors (Lipinski definition) is 2. The van der Waals surface area contributed by atoms with E-state index in [-0.39, 0.29) is 16.7 Å². The summed E-state index contributed by atoms with van der Waals surface area (Å²) in [6.07, 6.45) is 0. The van der Waals surface area contributed by atoms with Gasteiger partial charge in [0, 0.05) is 12.3 Å². The minimum atomic E-state index is -0.748. The zero-order valence-electron chi connectivity index (χ0n) is 17.0. The van der Waals surface area contributed by atoms with Crippen molar-refractivity contribution in [2.75, 3.05) is 17.2 Å². The Balaban J connectivity index is 1.62. The van der Waals surface area contributed by atoms with Gasteiger partial charge < -0.3 is 15.4 Å². The average Bonchev–Trinajstić information content (AvgIpc) is 3.26. The number of benzene rings is 1. The lowest BCUT2D eigenvalue weighted by atomic mass is 10.2. The highest BCUT2D eigenvalue weighted by atomic mass is 32.1. The minimum Gasteiger partial charge on any atom is -0.451 e. The monoisotopic (exact) mass is 427 g/mol. The first-order valence-corrected chi connectivity index (χ1v) is 9.96. The summed E-state index contributed by atoms with van der Waals surface area (Å²) in [4.78, 5) is 39.3. The summed E-state index contributed by atoms with van der Waals surface area (Å²) >= 11 is 1.09. The van der Waals surface area contributed by atoms with Crippen LogP contribution in [0, 0.1) is 20.8 Å². The third-order valence-electron chi connectivity index (χ3n) is 4.16. The van der Waals surface area contributed by atoms with E-state index in [1.165, 1.54) is 12.3 Å². The fraction of sp³-hybridized carbons (Fsp3) is 0.250. The Labute approximate surface area is 177 Å². The number of thiazole rings is 1. The van der Waals surface area contributed by atoms with Gasteiger partial charge in [0.2, 0.25) is 5.91 Å². The lowest BCUT2D eigenvalue weighted by molar-refractivity contribution is -0.119. The number of ether oxygens (including phenoxy) is 1. The second-order valence-corrected chi connectivity index (χ2v) is 7.49. The van der Waals surface area contributed by atoms with E-state index >= 15 is 0 Å². The summed E-state index contributed by atoms with van der Waals surface area (Å²) in [6, 6.07) is 7.87. The van der Waals surface area contributed by atoms with E-state index in [0.717, 1.165) is 28.3 Å². The van der Waals surface area contributed by atoms with Gasteiger partial charge in [0.15, 0.2) is 17.4 Å². The number of aryl methyl sites for hydroxylation is 2. The van der Waals surface area contributed by atoms with Crippen LogP contribution in [0.25, 0.3) is 5.69 Å². The summed E-state index contributed by atoms with van der Waals surface area (Å²) in [6.45, 7) is 6.51. The molecule has 0 aliphatic carbocycles. The molecule has 0 aliphatic heterocycles. The molecule has 0 saturated heterocycles. The van der Waals surface area contributed by atoms with Crippen molar-refractivity contribution in [2.24, 2.45) is 0 Å². The van der Waals surface area contributed by atoms with Crippen molar-refractivity contribution < 1.29 is 19.1 Å². The number of carbonyl (C=O) groups excluding carboxylic acids is 3. The molecule has 156 valence electrons. The molecule has 0 spiro atoms. The van der Waals surface area contributed by atoms with E-state index in [9.17, 15) is 14.4 Å². The fourth-order valence-corrected chi connectivity index (χ4v) is 3.44. The molecule has 0 atom stereocenters. The molecular formula is C20H21N5O4S. The van der Waals surface area contributed by atoms with Crippen LogP contribution >= 0.6 is 11.3 Å². The normalized spacial score (nSPS) is 10.5. The highest BCUT2D eigenvalue weighted by Gasteiger charge is 2.18. The molecule has 1 aromatic carbocycles. The number of nitrogens with one attached hydrogen (secondary N) is 2. The summed E-state index contributed by atoms with van der Waals surface area (Å²) < 4.78 is 6.76. The first kappa shape index (κ1) is 21.2. The second kappa shape index (κ2) is 8.87. The van der Waals surface area contributed by atoms with Crippen molar-refractivity contribution in [1.82, 2.24) is 14.8 Å². The van der Waals surface area contributed by atoms with Crippen molar-refractivity contribution in [2.45, 2.75) is 27.7 Å². The molecule has 0 aliphatic rings. The lowest BCUT2D eigenvalue weighted by Gasteiger charge is -2.08. The number of aromatic nitrogens is 3. The minimum absolute atomic E-state index is 0.0242. The maximum Gasteiger partial charge on any atom is 0.358 e. The number of nitrogens with zero attached hydrogens (tertiary/aromatic N) is 3. The van der Waals surface area contributed by atoms with Gasteiger partial charge in [0.05, 0.1) is 22.8 Å². The molecule has 0 bridgehead atoms. The van der Waals surface area contributed by atoms with Crippen molar-refractivity contribution in [3.8, 4) is 5.69 Å². The number of amides is 2. The van der Waals surface area contributed by atoms with E-state index in [4.69, 9.17) is 4.74 Å². The molecule has 3 aromatic rings. The van der Waals surface area contributed by atoms with Crippen LogP contribution in [0.3, 0.4) is 0 Å². The van der Waals surface area contributed by atoms with Gasteiger partial charge in [-0.15, -0.1) is 11.3 Å². The molecule has 2 amide bonds. The molecule has 2 N–H and O–H groups in total. The molecule has 3 rings (SSSR count). The zero-order valence-corrected chi connectivity index (χ0v) is 17.8. The van der Waals surface area contributed by atoms with Crippen LogP contribution in [0.4, 0.5) is 10.8 Å². The van der Waals surface area contributed by atoms with E-state index in [1.54, 1.807) is 11.6 Å². The molecule has 0 radical (unpaired) electrons. The number of anilines is 2. The van der Waals surface area contributed by atoms with Crippen LogP contribution in [0.2, 0.25) is 0 Å². The van der Waals surface area contributed by atoms with Crippen LogP contribution in [0.5, 0.6) is 0 Å². The zero-order chi connectivity index (χ0) is 21.8. The molecule has 9 nitrogen and oxygen atoms in total. The van der Waals surface area contributed by atoms with Crippen molar-refractivity contribution >= 4 is 39.9 Å². The number of hydrogen-bond acceptors (Lipinski definition) is 7. The molecule has 0 unspecified atom stereocenters. The van der Waals surface area contributed by atoms with Gasteiger partial charge in [-0.25, -0.2) is 14.5 Å². The summed E-state index contributed by atoms with van der Waals surface area (Å²) in [7, 11) is 0. The maximum atomic E-state index is 12.3. The van der Waals surface area contributed by atoms with Crippen LogP contribution in [-0.4, -0.2) is 39.2 Å². The van der Waals surface area contributed by atoms with E-state index < -0.39 is 18.5 Å². The Bertz CT molecular complexity index is 1100. The highest BCUT2D eigenvalue weighted by molar-refractivity contribution is 7.14. The van der Waals surface area contributed by atoms with Gasteiger partial charge in [0.1, 0.15) is 0 Å². The first-order chi connectivity index (χ1) is 14.2. The third-order valence-corrected chi connectivity index (χ3v) is 4.92. The number of carbonyl (C=O) groups is 3. The van der Waals surface area contributed by atoms with Crippen LogP contribution in [0.1, 0.15) is 34.4 Å². The Morgan fingerprint density at radius 1 is 1.10 bits per heavy atom. The van der Waals surface area contributed by atoms with Crippen molar-refractivity contribution in [1.29, 1.82) is 0 Å². The van der Waals surface area contributed by atoms with Gasteiger partial charge in [-0.2, -0.15) is 5.10 Å². The van der Waals surface area contributed by atoms with E-state index in [1.807, 2.05) is 38.1 Å². The standard InChI is InChI=1S/C20H21N5O4S/c1-11-5-7-15(8-6-11)25-13(3)18(12(2)24-25)23-17(27)9-29-19(28)16-10-30-20(22-16)21-14(4)26/h5-8,10H,9H2,1-4H3,(H,23,27)(H,21,22,26). The van der Waals surface area contributed by atoms with Crippen LogP contribution < -0.4 is 10.6 Å². The summed E-state index contributed by atoms with van der Waals surface area (Å²) in [5.74, 6) is -1.53. The molecule has 2 heterocycles. The third kappa shape index (κ3) is 4.90. The molecule has 10 heteroatoms. The Hall–Kier alpha value is -3.53. The van der Waals surface area contributed by atoms with Gasteiger partial charge in [-0.1, -0.05) is 17.7 Å². The smallest absolute Gasteiger partial charge is 0.358 e.